The summed E-state index contributed by atoms with van der Waals surface area (Å²) >= 11 is 3.81. The molecule has 1 heterocycles. The quantitative estimate of drug-likeness (QED) is 0.0688. The second-order valence-electron chi connectivity index (χ2n) is 8.77. The zero-order chi connectivity index (χ0) is 30.2. The van der Waals surface area contributed by atoms with Gasteiger partial charge >= 0.3 is 17.9 Å². The Morgan fingerprint density at radius 2 is 1.32 bits per heavy atom. The van der Waals surface area contributed by atoms with Crippen molar-refractivity contribution in [3.63, 3.8) is 0 Å². The monoisotopic (exact) mass is 590 g/mol. The topological polar surface area (TPSA) is 269 Å². The molecule has 224 valence electrons. The second-order valence-corrected chi connectivity index (χ2v) is 9.14. The van der Waals surface area contributed by atoms with Gasteiger partial charge in [-0.25, -0.2) is 4.79 Å². The molecule has 4 atom stereocenters. The van der Waals surface area contributed by atoms with Crippen LogP contribution >= 0.6 is 12.6 Å². The number of nitrogens with one attached hydrogen (secondary N) is 6. The lowest BCUT2D eigenvalue weighted by Crippen LogP contribution is -2.54. The van der Waals surface area contributed by atoms with Crippen LogP contribution in [0.1, 0.15) is 38.5 Å². The first-order chi connectivity index (χ1) is 18.8. The van der Waals surface area contributed by atoms with E-state index in [2.05, 4.69) is 44.5 Å². The third-order valence-corrected chi connectivity index (χ3v) is 5.99. The van der Waals surface area contributed by atoms with E-state index in [0.29, 0.717) is 13.0 Å². The molecular formula is C22H34N6O11S. The van der Waals surface area contributed by atoms with Gasteiger partial charge in [0.15, 0.2) is 0 Å². The van der Waals surface area contributed by atoms with Crippen molar-refractivity contribution >= 4 is 60.1 Å². The Morgan fingerprint density at radius 3 is 1.82 bits per heavy atom. The van der Waals surface area contributed by atoms with Crippen molar-refractivity contribution in [3.05, 3.63) is 0 Å². The average molecular weight is 591 g/mol. The van der Waals surface area contributed by atoms with Crippen LogP contribution in [0.2, 0.25) is 0 Å². The van der Waals surface area contributed by atoms with Gasteiger partial charge in [-0.1, -0.05) is 0 Å². The number of hydrogen-bond acceptors (Lipinski definition) is 10. The highest BCUT2D eigenvalue weighted by atomic mass is 32.1. The van der Waals surface area contributed by atoms with Gasteiger partial charge in [-0.05, 0) is 32.2 Å². The smallest absolute Gasteiger partial charge is 0.327 e. The summed E-state index contributed by atoms with van der Waals surface area (Å²) in [6, 6.07) is -4.55. The molecule has 18 heteroatoms. The maximum Gasteiger partial charge on any atom is 0.327 e. The van der Waals surface area contributed by atoms with Gasteiger partial charge in [0.2, 0.25) is 29.5 Å². The summed E-state index contributed by atoms with van der Waals surface area (Å²) in [7, 11) is 0. The van der Waals surface area contributed by atoms with Crippen molar-refractivity contribution in [2.45, 2.75) is 62.7 Å². The maximum absolute atomic E-state index is 12.5. The number of carboxylic acids is 3. The lowest BCUT2D eigenvalue weighted by atomic mass is 10.1. The molecule has 0 unspecified atom stereocenters. The highest BCUT2D eigenvalue weighted by Gasteiger charge is 2.29. The van der Waals surface area contributed by atoms with E-state index in [4.69, 9.17) is 15.3 Å². The van der Waals surface area contributed by atoms with Crippen molar-refractivity contribution in [1.29, 1.82) is 0 Å². The Labute approximate surface area is 234 Å². The molecule has 0 aromatic heterocycles. The summed E-state index contributed by atoms with van der Waals surface area (Å²) < 4.78 is 0. The molecule has 1 rings (SSSR count). The molecule has 0 bridgehead atoms. The van der Waals surface area contributed by atoms with E-state index < -0.39 is 97.5 Å². The van der Waals surface area contributed by atoms with Crippen LogP contribution in [0.15, 0.2) is 0 Å². The summed E-state index contributed by atoms with van der Waals surface area (Å²) in [5.74, 6) is -8.09. The van der Waals surface area contributed by atoms with Crippen LogP contribution in [0, 0.1) is 0 Å². The lowest BCUT2D eigenvalue weighted by Gasteiger charge is -2.21. The average Bonchev–Trinajstić information content (AvgIpc) is 3.44. The zero-order valence-corrected chi connectivity index (χ0v) is 22.3. The van der Waals surface area contributed by atoms with Crippen molar-refractivity contribution in [2.24, 2.45) is 0 Å². The van der Waals surface area contributed by atoms with Gasteiger partial charge in [-0.2, -0.15) is 12.6 Å². The number of carbonyl (C=O) groups is 8. The van der Waals surface area contributed by atoms with E-state index in [1.807, 2.05) is 0 Å². The van der Waals surface area contributed by atoms with Gasteiger partial charge in [0.25, 0.3) is 0 Å². The van der Waals surface area contributed by atoms with Crippen LogP contribution in [-0.2, 0) is 38.4 Å². The Kier molecular flexibility index (Phi) is 15.0. The van der Waals surface area contributed by atoms with Gasteiger partial charge < -0.3 is 47.2 Å². The first-order valence-electron chi connectivity index (χ1n) is 12.3. The van der Waals surface area contributed by atoms with Crippen LogP contribution in [0.25, 0.3) is 0 Å². The number of rotatable bonds is 18. The molecule has 17 nitrogen and oxygen atoms in total. The van der Waals surface area contributed by atoms with E-state index in [0.717, 1.165) is 6.42 Å². The minimum Gasteiger partial charge on any atom is -0.481 e. The fourth-order valence-corrected chi connectivity index (χ4v) is 3.74. The Balaban J connectivity index is 2.62. The normalized spacial score (nSPS) is 16.5. The molecule has 0 spiro atoms. The predicted octanol–water partition coefficient (Wildman–Crippen LogP) is -3.83. The summed E-state index contributed by atoms with van der Waals surface area (Å²) in [4.78, 5) is 94.6. The largest absolute Gasteiger partial charge is 0.481 e. The number of thiol groups is 1. The summed E-state index contributed by atoms with van der Waals surface area (Å²) in [5.41, 5.74) is 0. The maximum atomic E-state index is 12.5. The Hall–Kier alpha value is -3.93. The van der Waals surface area contributed by atoms with Crippen molar-refractivity contribution in [2.75, 3.05) is 25.4 Å². The van der Waals surface area contributed by atoms with E-state index in [9.17, 15) is 38.4 Å². The van der Waals surface area contributed by atoms with Gasteiger partial charge in [-0.15, -0.1) is 0 Å². The molecule has 0 aromatic rings. The molecule has 0 radical (unpaired) electrons. The summed E-state index contributed by atoms with van der Waals surface area (Å²) in [5, 5.41) is 41.0. The van der Waals surface area contributed by atoms with Gasteiger partial charge in [0, 0.05) is 18.6 Å². The van der Waals surface area contributed by atoms with Crippen molar-refractivity contribution in [1.82, 2.24) is 31.9 Å². The standard InChI is InChI=1S/C22H34N6O11S/c29-15(8-25-19(35)12(3-5-17(31)32)27-20(36)11-2-1-7-23-11)24-9-16(30)26-13(4-6-18(33)34)21(37)28-14(10-40)22(38)39/h11-14,23,40H,1-10H2,(H,24,29)(H,25,35)(H,26,30)(H,27,36)(H,28,37)(H,31,32)(H,33,34)(H,38,39)/t11-,12-,13-,14-/m0/s1. The number of hydrogen-bond donors (Lipinski definition) is 10. The number of carbonyl (C=O) groups excluding carboxylic acids is 5. The molecule has 1 fully saturated rings. The van der Waals surface area contributed by atoms with E-state index in [1.165, 1.54) is 0 Å². The van der Waals surface area contributed by atoms with Crippen LogP contribution in [-0.4, -0.2) is 112 Å². The first kappa shape index (κ1) is 34.1. The van der Waals surface area contributed by atoms with Crippen LogP contribution in [0.3, 0.4) is 0 Å². The molecule has 9 N–H and O–H groups in total. The third kappa shape index (κ3) is 13.2. The summed E-state index contributed by atoms with van der Waals surface area (Å²) in [6.45, 7) is -0.674. The van der Waals surface area contributed by atoms with E-state index in [1.54, 1.807) is 0 Å². The fourth-order valence-electron chi connectivity index (χ4n) is 3.49. The molecule has 0 aliphatic carbocycles. The van der Waals surface area contributed by atoms with Crippen molar-refractivity contribution in [3.8, 4) is 0 Å². The zero-order valence-electron chi connectivity index (χ0n) is 21.4. The first-order valence-corrected chi connectivity index (χ1v) is 12.9. The molecule has 5 amide bonds. The number of carboxylic acid groups (broad SMARTS) is 3. The van der Waals surface area contributed by atoms with Gasteiger partial charge in [0.05, 0.1) is 19.1 Å². The highest BCUT2D eigenvalue weighted by molar-refractivity contribution is 7.80. The van der Waals surface area contributed by atoms with Gasteiger partial charge in [-0.3, -0.25) is 33.6 Å². The second kappa shape index (κ2) is 17.6. The molecular weight excluding hydrogens is 556 g/mol. The van der Waals surface area contributed by atoms with Gasteiger partial charge in [0.1, 0.15) is 18.1 Å². The van der Waals surface area contributed by atoms with Crippen LogP contribution in [0.5, 0.6) is 0 Å². The molecule has 1 saturated heterocycles. The SMILES string of the molecule is O=C(O)CC[C@H](NC(=O)CNC(=O)CNC(=O)[C@H](CCC(=O)O)NC(=O)[C@@H]1CCCN1)C(=O)N[C@@H](CS)C(=O)O. The van der Waals surface area contributed by atoms with Crippen molar-refractivity contribution < 1.29 is 53.7 Å². The minimum atomic E-state index is -1.42. The molecule has 0 saturated carbocycles. The Bertz CT molecular complexity index is 973. The molecule has 40 heavy (non-hydrogen) atoms. The molecule has 1 aliphatic heterocycles. The van der Waals surface area contributed by atoms with E-state index >= 15 is 0 Å². The number of amides is 5. The fraction of sp³-hybridized carbons (Fsp3) is 0.636. The molecule has 0 aromatic carbocycles. The lowest BCUT2D eigenvalue weighted by molar-refractivity contribution is -0.142. The predicted molar refractivity (Wildman–Crippen MR) is 138 cm³/mol. The molecule has 1 aliphatic rings. The highest BCUT2D eigenvalue weighted by Crippen LogP contribution is 2.07. The third-order valence-electron chi connectivity index (χ3n) is 5.62. The van der Waals surface area contributed by atoms with E-state index in [-0.39, 0.29) is 18.6 Å². The van der Waals surface area contributed by atoms with Crippen LogP contribution in [0.4, 0.5) is 0 Å². The summed E-state index contributed by atoms with van der Waals surface area (Å²) in [6.07, 6.45) is -0.208. The Morgan fingerprint density at radius 1 is 0.750 bits per heavy atom. The van der Waals surface area contributed by atoms with Crippen LogP contribution < -0.4 is 31.9 Å². The number of aliphatic carboxylic acids is 3. The minimum absolute atomic E-state index is 0.223.